The average molecular weight is 277 g/mol. The Labute approximate surface area is 92.3 Å². The molecule has 9 heteroatoms. The van der Waals surface area contributed by atoms with Crippen molar-refractivity contribution in [2.45, 2.75) is 4.90 Å². The Bertz CT molecular complexity index is 513. The van der Waals surface area contributed by atoms with Crippen molar-refractivity contribution < 1.29 is 26.2 Å². The summed E-state index contributed by atoms with van der Waals surface area (Å²) < 4.78 is 77.4. The van der Waals surface area contributed by atoms with Crippen LogP contribution in [-0.2, 0) is 19.9 Å². The molecule has 1 aromatic carbocycles. The van der Waals surface area contributed by atoms with Crippen LogP contribution in [0.15, 0.2) is 4.90 Å². The minimum Gasteiger partial charge on any atom is -0.236 e. The molecular formula is C7H4F5NOS2. The van der Waals surface area contributed by atoms with Gasteiger partial charge in [-0.1, -0.05) is 0 Å². The number of halogens is 5. The second-order valence-corrected chi connectivity index (χ2v) is 5.84. The Balaban J connectivity index is 3.79. The van der Waals surface area contributed by atoms with E-state index in [-0.39, 0.29) is 0 Å². The van der Waals surface area contributed by atoms with E-state index in [1.165, 1.54) is 0 Å². The zero-order chi connectivity index (χ0) is 12.7. The number of benzene rings is 1. The summed E-state index contributed by atoms with van der Waals surface area (Å²) in [5, 5.41) is 0. The van der Waals surface area contributed by atoms with E-state index in [4.69, 9.17) is 0 Å². The normalized spacial score (nSPS) is 14.9. The third kappa shape index (κ3) is 1.89. The highest BCUT2D eigenvalue weighted by atomic mass is 32.8. The van der Waals surface area contributed by atoms with Crippen molar-refractivity contribution in [1.29, 1.82) is 0 Å². The second-order valence-electron chi connectivity index (χ2n) is 2.61. The zero-order valence-electron chi connectivity index (χ0n) is 7.61. The van der Waals surface area contributed by atoms with Gasteiger partial charge >= 0.3 is 0 Å². The quantitative estimate of drug-likeness (QED) is 0.505. The Morgan fingerprint density at radius 2 is 1.25 bits per heavy atom. The molecule has 1 N–H and O–H groups in total. The van der Waals surface area contributed by atoms with Crippen molar-refractivity contribution in [1.82, 2.24) is 4.72 Å². The summed E-state index contributed by atoms with van der Waals surface area (Å²) >= 11 is 4.23. The van der Waals surface area contributed by atoms with Gasteiger partial charge in [0.05, 0.1) is 0 Å². The number of hydrogen-bond donors (Lipinski definition) is 1. The molecule has 0 saturated heterocycles. The van der Waals surface area contributed by atoms with Gasteiger partial charge in [-0.15, -0.1) is 0 Å². The van der Waals surface area contributed by atoms with Gasteiger partial charge in [0, 0.05) is 11.2 Å². The number of nitrogens with one attached hydrogen (secondary N) is 1. The maximum absolute atomic E-state index is 13.1. The summed E-state index contributed by atoms with van der Waals surface area (Å²) in [5.41, 5.74) is 0. The van der Waals surface area contributed by atoms with Gasteiger partial charge in [-0.3, -0.25) is 0 Å². The molecule has 0 fully saturated rings. The fourth-order valence-corrected chi connectivity index (χ4v) is 2.22. The fraction of sp³-hybridized carbons (Fsp3) is 0.143. The smallest absolute Gasteiger partial charge is 0.200 e. The van der Waals surface area contributed by atoms with Crippen molar-refractivity contribution >= 4 is 19.9 Å². The third-order valence-corrected chi connectivity index (χ3v) is 4.14. The lowest BCUT2D eigenvalue weighted by Gasteiger charge is -2.09. The molecule has 0 heterocycles. The van der Waals surface area contributed by atoms with E-state index in [0.29, 0.717) is 0 Å². The van der Waals surface area contributed by atoms with Gasteiger partial charge < -0.3 is 0 Å². The summed E-state index contributed by atoms with van der Waals surface area (Å²) in [6.45, 7) is 0. The molecule has 1 rings (SSSR count). The van der Waals surface area contributed by atoms with Gasteiger partial charge in [-0.25, -0.2) is 30.9 Å². The van der Waals surface area contributed by atoms with E-state index in [1.807, 2.05) is 4.72 Å². The molecule has 1 atom stereocenters. The SMILES string of the molecule is CNS(=O)(=S)c1c(F)c(F)c(F)c(F)c1F. The van der Waals surface area contributed by atoms with Gasteiger partial charge in [0.15, 0.2) is 23.3 Å². The first-order valence-electron chi connectivity index (χ1n) is 3.69. The van der Waals surface area contributed by atoms with E-state index in [9.17, 15) is 26.2 Å². The predicted octanol–water partition coefficient (Wildman–Crippen LogP) is 1.62. The third-order valence-electron chi connectivity index (χ3n) is 1.71. The van der Waals surface area contributed by atoms with Crippen LogP contribution in [-0.4, -0.2) is 11.3 Å². The average Bonchev–Trinajstić information content (AvgIpc) is 2.23. The maximum Gasteiger partial charge on any atom is 0.200 e. The van der Waals surface area contributed by atoms with Crippen molar-refractivity contribution in [3.63, 3.8) is 0 Å². The molecule has 0 spiro atoms. The Kier molecular flexibility index (Phi) is 3.50. The lowest BCUT2D eigenvalue weighted by molar-refractivity contribution is 0.359. The van der Waals surface area contributed by atoms with Crippen LogP contribution in [0.2, 0.25) is 0 Å². The highest BCUT2D eigenvalue weighted by molar-refractivity contribution is 8.31. The molecule has 0 amide bonds. The second kappa shape index (κ2) is 4.22. The molecule has 2 nitrogen and oxygen atoms in total. The monoisotopic (exact) mass is 277 g/mol. The van der Waals surface area contributed by atoms with Crippen molar-refractivity contribution in [3.05, 3.63) is 29.1 Å². The lowest BCUT2D eigenvalue weighted by atomic mass is 10.3. The lowest BCUT2D eigenvalue weighted by Crippen LogP contribution is -2.22. The Morgan fingerprint density at radius 1 is 0.938 bits per heavy atom. The molecular weight excluding hydrogens is 273 g/mol. The van der Waals surface area contributed by atoms with Crippen LogP contribution in [0.25, 0.3) is 0 Å². The molecule has 0 radical (unpaired) electrons. The molecule has 0 aromatic heterocycles. The summed E-state index contributed by atoms with van der Waals surface area (Å²) in [7, 11) is -2.96. The zero-order valence-corrected chi connectivity index (χ0v) is 9.25. The first-order chi connectivity index (χ1) is 7.24. The van der Waals surface area contributed by atoms with Crippen LogP contribution in [0.3, 0.4) is 0 Å². The minimum absolute atomic E-state index is 0.980. The Morgan fingerprint density at radius 3 is 1.56 bits per heavy atom. The molecule has 1 unspecified atom stereocenters. The summed E-state index contributed by atoms with van der Waals surface area (Å²) in [5.74, 6) is -11.1. The Hall–Kier alpha value is -0.800. The highest BCUT2D eigenvalue weighted by Crippen LogP contribution is 2.26. The van der Waals surface area contributed by atoms with Crippen LogP contribution >= 0.6 is 0 Å². The molecule has 0 bridgehead atoms. The van der Waals surface area contributed by atoms with Crippen LogP contribution in [0, 0.1) is 29.1 Å². The molecule has 16 heavy (non-hydrogen) atoms. The van der Waals surface area contributed by atoms with Gasteiger partial charge in [-0.05, 0) is 7.05 Å². The molecule has 1 aromatic rings. The maximum atomic E-state index is 13.1. The van der Waals surface area contributed by atoms with Crippen LogP contribution in [0.1, 0.15) is 0 Å². The largest absolute Gasteiger partial charge is 0.236 e. The summed E-state index contributed by atoms with van der Waals surface area (Å²) in [4.78, 5) is -1.53. The molecule has 0 aliphatic rings. The highest BCUT2D eigenvalue weighted by Gasteiger charge is 2.30. The molecule has 90 valence electrons. The molecule has 0 saturated carbocycles. The van der Waals surface area contributed by atoms with Gasteiger partial charge in [-0.2, -0.15) is 0 Å². The minimum atomic E-state index is -3.93. The molecule has 0 aliphatic heterocycles. The van der Waals surface area contributed by atoms with E-state index in [0.717, 1.165) is 7.05 Å². The van der Waals surface area contributed by atoms with Crippen molar-refractivity contribution in [3.8, 4) is 0 Å². The van der Waals surface area contributed by atoms with Crippen LogP contribution in [0.5, 0.6) is 0 Å². The van der Waals surface area contributed by atoms with Crippen molar-refractivity contribution in [2.24, 2.45) is 0 Å². The van der Waals surface area contributed by atoms with Gasteiger partial charge in [0.1, 0.15) is 13.6 Å². The first-order valence-corrected chi connectivity index (χ1v) is 6.17. The predicted molar refractivity (Wildman–Crippen MR) is 49.1 cm³/mol. The molecule has 0 aliphatic carbocycles. The van der Waals surface area contributed by atoms with E-state index in [1.54, 1.807) is 0 Å². The summed E-state index contributed by atoms with van der Waals surface area (Å²) in [6, 6.07) is 0. The first kappa shape index (κ1) is 13.3. The topological polar surface area (TPSA) is 29.1 Å². The van der Waals surface area contributed by atoms with E-state index >= 15 is 0 Å². The number of rotatable bonds is 2. The van der Waals surface area contributed by atoms with Gasteiger partial charge in [0.2, 0.25) is 5.82 Å². The van der Waals surface area contributed by atoms with Crippen molar-refractivity contribution in [2.75, 3.05) is 7.05 Å². The van der Waals surface area contributed by atoms with Crippen LogP contribution < -0.4 is 4.72 Å². The van der Waals surface area contributed by atoms with E-state index in [2.05, 4.69) is 11.2 Å². The van der Waals surface area contributed by atoms with E-state index < -0.39 is 42.7 Å². The number of hydrogen-bond acceptors (Lipinski definition) is 2. The summed E-state index contributed by atoms with van der Waals surface area (Å²) in [6.07, 6.45) is 0. The fourth-order valence-electron chi connectivity index (χ4n) is 0.923. The van der Waals surface area contributed by atoms with Gasteiger partial charge in [0.25, 0.3) is 0 Å². The standard InChI is InChI=1S/C7H4F5NOS2/c1-13-16(14,15)7-5(11)3(9)2(8)4(10)6(7)12/h13H,1H3. The van der Waals surface area contributed by atoms with Crippen LogP contribution in [0.4, 0.5) is 22.0 Å².